The van der Waals surface area contributed by atoms with Gasteiger partial charge in [-0.25, -0.2) is 4.79 Å². The Morgan fingerprint density at radius 3 is 2.50 bits per heavy atom. The minimum absolute atomic E-state index is 0.0955. The topological polar surface area (TPSA) is 65.1 Å². The quantitative estimate of drug-likeness (QED) is 0.255. The largest absolute Gasteiger partial charge is 0.466 e. The molecule has 0 aromatic heterocycles. The Hall–Kier alpha value is -3.53. The van der Waals surface area contributed by atoms with Crippen LogP contribution in [0.5, 0.6) is 11.5 Å². The average molecular weight is 592 g/mol. The van der Waals surface area contributed by atoms with Crippen LogP contribution in [0, 0.1) is 0 Å². The molecule has 0 N–H and O–H groups in total. The predicted molar refractivity (Wildman–Crippen MR) is 137 cm³/mol. The highest BCUT2D eigenvalue weighted by molar-refractivity contribution is 9.10. The van der Waals surface area contributed by atoms with E-state index in [-0.39, 0.29) is 42.7 Å². The lowest BCUT2D eigenvalue weighted by Crippen LogP contribution is -2.31. The van der Waals surface area contributed by atoms with Crippen molar-refractivity contribution in [3.05, 3.63) is 93.5 Å². The zero-order chi connectivity index (χ0) is 27.4. The van der Waals surface area contributed by atoms with Gasteiger partial charge in [0.25, 0.3) is 0 Å². The standard InChI is InChI=1S/C28H25BrF3NO5/c1-3-36-25(34)13-18-11-21(28(30,31)32)15-23(12-18)37-24-10-9-22(29)14-20(24)16-33-17(2)26(38-27(33)35)19-7-5-4-6-8-19/h4-12,14-15,17,26H,3,13,16H2,1-2H3. The smallest absolute Gasteiger partial charge is 0.416 e. The molecule has 2 unspecified atom stereocenters. The van der Waals surface area contributed by atoms with Gasteiger partial charge in [0, 0.05) is 10.0 Å². The van der Waals surface area contributed by atoms with Crippen molar-refractivity contribution in [1.29, 1.82) is 0 Å². The Morgan fingerprint density at radius 2 is 1.82 bits per heavy atom. The molecule has 0 bridgehead atoms. The number of carbonyl (C=O) groups is 2. The first-order valence-corrected chi connectivity index (χ1v) is 12.7. The zero-order valence-corrected chi connectivity index (χ0v) is 22.2. The fourth-order valence-electron chi connectivity index (χ4n) is 4.25. The van der Waals surface area contributed by atoms with E-state index in [4.69, 9.17) is 14.2 Å². The van der Waals surface area contributed by atoms with Gasteiger partial charge in [-0.1, -0.05) is 46.3 Å². The minimum atomic E-state index is -4.65. The Balaban J connectivity index is 1.62. The zero-order valence-electron chi connectivity index (χ0n) is 20.6. The first-order chi connectivity index (χ1) is 18.0. The van der Waals surface area contributed by atoms with Crippen molar-refractivity contribution in [3.8, 4) is 11.5 Å². The van der Waals surface area contributed by atoms with Gasteiger partial charge in [0.1, 0.15) is 17.6 Å². The molecule has 1 aliphatic heterocycles. The van der Waals surface area contributed by atoms with Crippen molar-refractivity contribution in [3.63, 3.8) is 0 Å². The third-order valence-corrected chi connectivity index (χ3v) is 6.55. The van der Waals surface area contributed by atoms with E-state index in [1.165, 1.54) is 6.07 Å². The summed E-state index contributed by atoms with van der Waals surface area (Å²) in [6.07, 6.45) is -5.95. The van der Waals surface area contributed by atoms with Crippen LogP contribution in [0.3, 0.4) is 0 Å². The molecule has 4 rings (SSSR count). The summed E-state index contributed by atoms with van der Waals surface area (Å²) < 4.78 is 57.9. The number of ether oxygens (including phenoxy) is 3. The summed E-state index contributed by atoms with van der Waals surface area (Å²) in [6.45, 7) is 3.71. The molecule has 1 saturated heterocycles. The second-order valence-corrected chi connectivity index (χ2v) is 9.70. The number of alkyl halides is 3. The number of rotatable bonds is 8. The Kier molecular flexibility index (Phi) is 8.30. The van der Waals surface area contributed by atoms with Gasteiger partial charge in [-0.15, -0.1) is 0 Å². The molecule has 1 heterocycles. The van der Waals surface area contributed by atoms with Gasteiger partial charge in [-0.05, 0) is 61.4 Å². The summed E-state index contributed by atoms with van der Waals surface area (Å²) in [6, 6.07) is 17.2. The van der Waals surface area contributed by atoms with E-state index in [0.29, 0.717) is 10.0 Å². The van der Waals surface area contributed by atoms with Gasteiger partial charge in [-0.3, -0.25) is 9.69 Å². The van der Waals surface area contributed by atoms with Crippen molar-refractivity contribution >= 4 is 28.0 Å². The van der Waals surface area contributed by atoms with Gasteiger partial charge in [-0.2, -0.15) is 13.2 Å². The second kappa shape index (κ2) is 11.5. The lowest BCUT2D eigenvalue weighted by molar-refractivity contribution is -0.142. The Morgan fingerprint density at radius 1 is 1.08 bits per heavy atom. The first kappa shape index (κ1) is 27.5. The molecule has 0 saturated carbocycles. The van der Waals surface area contributed by atoms with Gasteiger partial charge in [0.2, 0.25) is 0 Å². The lowest BCUT2D eigenvalue weighted by atomic mass is 10.0. The van der Waals surface area contributed by atoms with Crippen LogP contribution < -0.4 is 4.74 Å². The van der Waals surface area contributed by atoms with E-state index in [2.05, 4.69) is 15.9 Å². The molecule has 3 aromatic carbocycles. The van der Waals surface area contributed by atoms with Crippen molar-refractivity contribution in [2.24, 2.45) is 0 Å². The minimum Gasteiger partial charge on any atom is -0.466 e. The SMILES string of the molecule is CCOC(=O)Cc1cc(Oc2ccc(Br)cc2CN2C(=O)OC(c3ccccc3)C2C)cc(C(F)(F)F)c1. The maximum absolute atomic E-state index is 13.6. The maximum atomic E-state index is 13.6. The van der Waals surface area contributed by atoms with E-state index in [0.717, 1.165) is 17.7 Å². The number of hydrogen-bond acceptors (Lipinski definition) is 5. The summed E-state index contributed by atoms with van der Waals surface area (Å²) in [5, 5.41) is 0. The highest BCUT2D eigenvalue weighted by atomic mass is 79.9. The predicted octanol–water partition coefficient (Wildman–Crippen LogP) is 7.45. The molecule has 0 aliphatic carbocycles. The normalized spacial score (nSPS) is 17.3. The highest BCUT2D eigenvalue weighted by Gasteiger charge is 2.40. The summed E-state index contributed by atoms with van der Waals surface area (Å²) in [5.41, 5.74) is 0.575. The number of amides is 1. The molecule has 3 aromatic rings. The molecule has 1 aliphatic rings. The van der Waals surface area contributed by atoms with Crippen LogP contribution in [0.4, 0.5) is 18.0 Å². The van der Waals surface area contributed by atoms with Crippen LogP contribution in [-0.4, -0.2) is 29.6 Å². The number of carbonyl (C=O) groups excluding carboxylic acids is 2. The number of nitrogens with zero attached hydrogens (tertiary/aromatic N) is 1. The van der Waals surface area contributed by atoms with Gasteiger partial charge in [0.15, 0.2) is 0 Å². The van der Waals surface area contributed by atoms with Gasteiger partial charge in [0.05, 0.1) is 31.2 Å². The maximum Gasteiger partial charge on any atom is 0.416 e. The summed E-state index contributed by atoms with van der Waals surface area (Å²) in [7, 11) is 0. The summed E-state index contributed by atoms with van der Waals surface area (Å²) >= 11 is 3.41. The number of halogens is 4. The van der Waals surface area contributed by atoms with Crippen LogP contribution in [-0.2, 0) is 33.4 Å². The second-order valence-electron chi connectivity index (χ2n) is 8.78. The molecule has 0 radical (unpaired) electrons. The molecule has 2 atom stereocenters. The van der Waals surface area contributed by atoms with Crippen LogP contribution in [0.1, 0.15) is 42.2 Å². The van der Waals surface area contributed by atoms with Crippen LogP contribution in [0.25, 0.3) is 0 Å². The molecule has 1 fully saturated rings. The van der Waals surface area contributed by atoms with Crippen LogP contribution in [0.15, 0.2) is 71.2 Å². The number of cyclic esters (lactones) is 1. The molecule has 1 amide bonds. The van der Waals surface area contributed by atoms with Crippen molar-refractivity contribution in [1.82, 2.24) is 4.90 Å². The molecule has 200 valence electrons. The average Bonchev–Trinajstić information content (AvgIpc) is 3.14. The fraction of sp³-hybridized carbons (Fsp3) is 0.286. The van der Waals surface area contributed by atoms with Gasteiger partial charge < -0.3 is 14.2 Å². The van der Waals surface area contributed by atoms with Crippen molar-refractivity contribution < 1.29 is 37.0 Å². The van der Waals surface area contributed by atoms with E-state index < -0.39 is 29.9 Å². The van der Waals surface area contributed by atoms with Crippen LogP contribution >= 0.6 is 15.9 Å². The van der Waals surface area contributed by atoms with E-state index in [1.807, 2.05) is 37.3 Å². The van der Waals surface area contributed by atoms with Crippen molar-refractivity contribution in [2.45, 2.75) is 45.1 Å². The molecule has 6 nitrogen and oxygen atoms in total. The van der Waals surface area contributed by atoms with E-state index >= 15 is 0 Å². The third kappa shape index (κ3) is 6.48. The highest BCUT2D eigenvalue weighted by Crippen LogP contribution is 2.38. The summed E-state index contributed by atoms with van der Waals surface area (Å²) in [5.74, 6) is -0.476. The van der Waals surface area contributed by atoms with Crippen LogP contribution in [0.2, 0.25) is 0 Å². The Labute approximate surface area is 226 Å². The molecule has 10 heteroatoms. The van der Waals surface area contributed by atoms with Crippen molar-refractivity contribution in [2.75, 3.05) is 6.61 Å². The molecule has 38 heavy (non-hydrogen) atoms. The van der Waals surface area contributed by atoms with Gasteiger partial charge >= 0.3 is 18.2 Å². The molecule has 0 spiro atoms. The number of esters is 1. The lowest BCUT2D eigenvalue weighted by Gasteiger charge is -2.22. The van der Waals surface area contributed by atoms with E-state index in [9.17, 15) is 22.8 Å². The molecular formula is C28H25BrF3NO5. The number of benzene rings is 3. The molecular weight excluding hydrogens is 567 g/mol. The Bertz CT molecular complexity index is 1320. The van der Waals surface area contributed by atoms with E-state index in [1.54, 1.807) is 30.0 Å². The third-order valence-electron chi connectivity index (χ3n) is 6.06. The summed E-state index contributed by atoms with van der Waals surface area (Å²) in [4.78, 5) is 26.2. The number of hydrogen-bond donors (Lipinski definition) is 0. The fourth-order valence-corrected chi connectivity index (χ4v) is 4.66. The first-order valence-electron chi connectivity index (χ1n) is 11.9. The monoisotopic (exact) mass is 591 g/mol.